The van der Waals surface area contributed by atoms with E-state index in [0.717, 1.165) is 27.8 Å². The van der Waals surface area contributed by atoms with Crippen molar-refractivity contribution in [3.63, 3.8) is 0 Å². The van der Waals surface area contributed by atoms with Crippen LogP contribution in [0.3, 0.4) is 0 Å². The van der Waals surface area contributed by atoms with Crippen molar-refractivity contribution < 1.29 is 72.9 Å². The van der Waals surface area contributed by atoms with E-state index >= 15 is 0 Å². The highest BCUT2D eigenvalue weighted by Crippen LogP contribution is 2.37. The Morgan fingerprint density at radius 3 is 1.31 bits per heavy atom. The molecule has 3 saturated heterocycles. The zero-order chi connectivity index (χ0) is 47.2. The summed E-state index contributed by atoms with van der Waals surface area (Å²) in [5.74, 6) is 0. The lowest BCUT2D eigenvalue weighted by molar-refractivity contribution is -0.391. The van der Waals surface area contributed by atoms with E-state index in [4.69, 9.17) is 47.4 Å². The molecule has 5 N–H and O–H groups in total. The largest absolute Gasteiger partial charge is 0.394 e. The zero-order valence-electron chi connectivity index (χ0n) is 37.9. The fraction of sp³-hybridized carbons (Fsp3) is 0.434. The normalized spacial score (nSPS) is 31.9. The van der Waals surface area contributed by atoms with Crippen LogP contribution in [-0.4, -0.2) is 131 Å². The van der Waals surface area contributed by atoms with E-state index in [9.17, 15) is 25.5 Å². The Hall–Kier alpha value is -4.50. The molecule has 3 aliphatic rings. The molecule has 0 aliphatic carbocycles. The summed E-state index contributed by atoms with van der Waals surface area (Å²) in [6.45, 7) is 1.82. The van der Waals surface area contributed by atoms with Crippen molar-refractivity contribution >= 4 is 0 Å². The highest BCUT2D eigenvalue weighted by molar-refractivity contribution is 5.17. The Morgan fingerprint density at radius 1 is 0.397 bits per heavy atom. The van der Waals surface area contributed by atoms with Gasteiger partial charge in [0.15, 0.2) is 18.9 Å². The molecule has 5 aromatic carbocycles. The van der Waals surface area contributed by atoms with Gasteiger partial charge in [-0.25, -0.2) is 0 Å². The minimum atomic E-state index is -1.80. The second kappa shape index (κ2) is 24.9. The van der Waals surface area contributed by atoms with Gasteiger partial charge in [-0.15, -0.1) is 0 Å². The molecule has 8 rings (SSSR count). The van der Waals surface area contributed by atoms with Crippen molar-refractivity contribution in [2.24, 2.45) is 0 Å². The molecule has 0 radical (unpaired) electrons. The topological polar surface area (TPSA) is 193 Å². The van der Waals surface area contributed by atoms with Gasteiger partial charge in [-0.2, -0.15) is 0 Å². The fourth-order valence-electron chi connectivity index (χ4n) is 8.63. The van der Waals surface area contributed by atoms with Crippen LogP contribution in [0.4, 0.5) is 0 Å². The first-order valence-corrected chi connectivity index (χ1v) is 23.1. The average Bonchev–Trinajstić information content (AvgIpc) is 3.37. The van der Waals surface area contributed by atoms with E-state index in [-0.39, 0.29) is 39.6 Å². The molecule has 0 saturated carbocycles. The van der Waals surface area contributed by atoms with Gasteiger partial charge >= 0.3 is 0 Å². The molecule has 364 valence electrons. The highest BCUT2D eigenvalue weighted by Gasteiger charge is 2.55. The first-order chi connectivity index (χ1) is 33.2. The van der Waals surface area contributed by atoms with Crippen LogP contribution in [0.1, 0.15) is 34.7 Å². The lowest BCUT2D eigenvalue weighted by atomic mass is 9.95. The van der Waals surface area contributed by atoms with Crippen molar-refractivity contribution in [1.82, 2.24) is 0 Å². The van der Waals surface area contributed by atoms with Crippen molar-refractivity contribution in [3.05, 3.63) is 179 Å². The van der Waals surface area contributed by atoms with E-state index in [2.05, 4.69) is 0 Å². The van der Waals surface area contributed by atoms with Gasteiger partial charge in [-0.05, 0) is 34.7 Å². The first kappa shape index (κ1) is 49.9. The Balaban J connectivity index is 1.17. The van der Waals surface area contributed by atoms with Gasteiger partial charge in [-0.1, -0.05) is 152 Å². The van der Waals surface area contributed by atoms with Gasteiger partial charge in [0, 0.05) is 0 Å². The van der Waals surface area contributed by atoms with Crippen LogP contribution in [0.2, 0.25) is 0 Å². The number of aliphatic hydroxyl groups is 5. The predicted molar refractivity (Wildman–Crippen MR) is 245 cm³/mol. The Bertz CT molecular complexity index is 2180. The van der Waals surface area contributed by atoms with Crippen LogP contribution in [0.5, 0.6) is 0 Å². The van der Waals surface area contributed by atoms with E-state index in [1.54, 1.807) is 0 Å². The van der Waals surface area contributed by atoms with Gasteiger partial charge in [-0.3, -0.25) is 0 Å². The molecule has 15 nitrogen and oxygen atoms in total. The third-order valence-electron chi connectivity index (χ3n) is 12.3. The van der Waals surface area contributed by atoms with Gasteiger partial charge < -0.3 is 72.9 Å². The SMILES string of the molecule is C[C@@H]1O[C@@H](O[C@H]2[C@H](O[C@@H]3O[C@H](CO)[C@H](O)[C@H](O)[C@H]3O)[C@@H](OCc3ccccc3)[C@H](O)O[C@@H]2COCc2ccccc2)[C@@H](OCc2ccccc2)[C@H](OCc2ccccc2)[C@@H]1OCc1ccccc1. The lowest BCUT2D eigenvalue weighted by Crippen LogP contribution is -2.67. The smallest absolute Gasteiger partial charge is 0.187 e. The molecule has 0 amide bonds. The van der Waals surface area contributed by atoms with E-state index in [1.165, 1.54) is 0 Å². The number of benzene rings is 5. The molecule has 0 bridgehead atoms. The van der Waals surface area contributed by atoms with Crippen LogP contribution in [0.15, 0.2) is 152 Å². The van der Waals surface area contributed by atoms with Crippen LogP contribution in [0.25, 0.3) is 0 Å². The monoisotopic (exact) mass is 938 g/mol. The van der Waals surface area contributed by atoms with Crippen LogP contribution in [0, 0.1) is 0 Å². The summed E-state index contributed by atoms with van der Waals surface area (Å²) in [7, 11) is 0. The first-order valence-electron chi connectivity index (χ1n) is 23.1. The van der Waals surface area contributed by atoms with E-state index < -0.39 is 98.7 Å². The maximum Gasteiger partial charge on any atom is 0.187 e. The summed E-state index contributed by atoms with van der Waals surface area (Å²) >= 11 is 0. The summed E-state index contributed by atoms with van der Waals surface area (Å²) in [6, 6.07) is 48.0. The Kier molecular flexibility index (Phi) is 18.3. The van der Waals surface area contributed by atoms with Crippen molar-refractivity contribution in [1.29, 1.82) is 0 Å². The molecular weight excluding hydrogens is 877 g/mol. The molecule has 3 heterocycles. The maximum absolute atomic E-state index is 11.9. The molecule has 3 fully saturated rings. The molecule has 15 atom stereocenters. The Labute approximate surface area is 396 Å². The summed E-state index contributed by atoms with van der Waals surface area (Å²) in [5.41, 5.74) is 4.41. The highest BCUT2D eigenvalue weighted by atomic mass is 16.8. The number of ether oxygens (including phenoxy) is 10. The average molecular weight is 939 g/mol. The summed E-state index contributed by atoms with van der Waals surface area (Å²) in [5, 5.41) is 55.0. The molecule has 0 spiro atoms. The fourth-order valence-corrected chi connectivity index (χ4v) is 8.63. The number of hydrogen-bond donors (Lipinski definition) is 5. The second-order valence-electron chi connectivity index (χ2n) is 17.2. The lowest BCUT2D eigenvalue weighted by Gasteiger charge is -2.50. The summed E-state index contributed by atoms with van der Waals surface area (Å²) < 4.78 is 65.8. The number of aliphatic hydroxyl groups excluding tert-OH is 5. The van der Waals surface area contributed by atoms with Crippen LogP contribution < -0.4 is 0 Å². The standard InChI is InChI=1S/C53H62O15/c1-34-45(60-29-36-19-9-3-10-20-36)47(61-30-37-21-11-4-12-22-37)50(63-32-39-25-15-6-16-26-39)53(64-34)67-46-41(33-59-28-35-17-7-2-8-18-35)65-51(58)49(62-31-38-23-13-5-14-24-38)48(46)68-52-44(57)43(56)42(55)40(27-54)66-52/h2-26,34,40-58H,27-33H2,1H3/t34-,40+,41+,42-,43-,44+,45+,46+,47+,48-,49+,50-,51+,52-,53-/m0/s1. The molecular formula is C53H62O15. The number of hydrogen-bond acceptors (Lipinski definition) is 15. The molecule has 15 heteroatoms. The Morgan fingerprint density at radius 2 is 0.824 bits per heavy atom. The molecule has 68 heavy (non-hydrogen) atoms. The zero-order valence-corrected chi connectivity index (χ0v) is 37.9. The third kappa shape index (κ3) is 13.0. The predicted octanol–water partition coefficient (Wildman–Crippen LogP) is 4.58. The van der Waals surface area contributed by atoms with E-state index in [1.807, 2.05) is 159 Å². The van der Waals surface area contributed by atoms with Gasteiger partial charge in [0.1, 0.15) is 67.1 Å². The molecule has 3 aliphatic heterocycles. The van der Waals surface area contributed by atoms with Gasteiger partial charge in [0.05, 0.1) is 52.4 Å². The second-order valence-corrected chi connectivity index (χ2v) is 17.2. The molecule has 0 unspecified atom stereocenters. The van der Waals surface area contributed by atoms with Crippen molar-refractivity contribution in [2.45, 2.75) is 132 Å². The van der Waals surface area contributed by atoms with Crippen molar-refractivity contribution in [3.8, 4) is 0 Å². The maximum atomic E-state index is 11.9. The summed E-state index contributed by atoms with van der Waals surface area (Å²) in [4.78, 5) is 0. The third-order valence-corrected chi connectivity index (χ3v) is 12.3. The van der Waals surface area contributed by atoms with Crippen LogP contribution in [-0.2, 0) is 80.4 Å². The minimum absolute atomic E-state index is 0.00201. The number of rotatable bonds is 21. The van der Waals surface area contributed by atoms with Gasteiger partial charge in [0.25, 0.3) is 0 Å². The minimum Gasteiger partial charge on any atom is -0.394 e. The quantitative estimate of drug-likeness (QED) is 0.0687. The van der Waals surface area contributed by atoms with Crippen molar-refractivity contribution in [2.75, 3.05) is 13.2 Å². The van der Waals surface area contributed by atoms with Crippen LogP contribution >= 0.6 is 0 Å². The van der Waals surface area contributed by atoms with E-state index in [0.29, 0.717) is 0 Å². The molecule has 5 aromatic rings. The summed E-state index contributed by atoms with van der Waals surface area (Å²) in [6.07, 6.45) is -19.2. The molecule has 0 aromatic heterocycles. The van der Waals surface area contributed by atoms with Gasteiger partial charge in [0.2, 0.25) is 0 Å².